The van der Waals surface area contributed by atoms with Crippen LogP contribution >= 0.6 is 54.0 Å². The average Bonchev–Trinajstić information content (AvgIpc) is 0.872. The summed E-state index contributed by atoms with van der Waals surface area (Å²) in [5.74, 6) is 4.67. The molecule has 34 nitrogen and oxygen atoms in total. The molecule has 16 rings (SSSR count). The van der Waals surface area contributed by atoms with Gasteiger partial charge in [-0.05, 0) is 91.6 Å². The fourth-order valence-electron chi connectivity index (χ4n) is 14.3. The first-order valence-corrected chi connectivity index (χ1v) is 42.2. The number of halogens is 1. The number of pyridine rings is 5. The topological polar surface area (TPSA) is 446 Å². The number of carbonyl (C=O) groups excluding carboxylic acids is 4. The van der Waals surface area contributed by atoms with Crippen LogP contribution in [0.4, 0.5) is 45.4 Å². The van der Waals surface area contributed by atoms with Gasteiger partial charge in [0.2, 0.25) is 11.9 Å². The second kappa shape index (κ2) is 49.9. The van der Waals surface area contributed by atoms with E-state index in [9.17, 15) is 23.6 Å². The zero-order chi connectivity index (χ0) is 91.6. The molecule has 0 aliphatic carbocycles. The highest BCUT2D eigenvalue weighted by molar-refractivity contribution is 7.59. The van der Waals surface area contributed by atoms with Crippen molar-refractivity contribution in [1.29, 1.82) is 0 Å². The lowest BCUT2D eigenvalue weighted by molar-refractivity contribution is 0.0956. The second-order valence-corrected chi connectivity index (χ2v) is 30.0. The Hall–Kier alpha value is -15.0. The molecule has 0 aliphatic heterocycles. The third kappa shape index (κ3) is 25.8. The number of fused-ring (bicyclic) bond motifs is 4. The maximum Gasteiger partial charge on any atom is 0.251 e. The minimum absolute atomic E-state index is 0. The van der Waals surface area contributed by atoms with Crippen molar-refractivity contribution in [3.8, 4) is 45.0 Å². The Kier molecular flexibility index (Phi) is 38.3. The van der Waals surface area contributed by atoms with Crippen LogP contribution in [0.15, 0.2) is 221 Å². The molecule has 0 saturated carbocycles. The van der Waals surface area contributed by atoms with Gasteiger partial charge in [0.15, 0.2) is 0 Å². The Morgan fingerprint density at radius 3 is 0.948 bits per heavy atom. The van der Waals surface area contributed by atoms with Crippen molar-refractivity contribution >= 4 is 162 Å². The van der Waals surface area contributed by atoms with Crippen molar-refractivity contribution in [3.63, 3.8) is 0 Å². The van der Waals surface area contributed by atoms with Gasteiger partial charge in [0.1, 0.15) is 66.0 Å². The summed E-state index contributed by atoms with van der Waals surface area (Å²) >= 11 is 0. The van der Waals surface area contributed by atoms with Gasteiger partial charge in [0, 0.05) is 234 Å². The van der Waals surface area contributed by atoms with E-state index in [1.54, 1.807) is 128 Å². The van der Waals surface area contributed by atoms with E-state index in [2.05, 4.69) is 174 Å². The molecule has 134 heavy (non-hydrogen) atoms. The van der Waals surface area contributed by atoms with Gasteiger partial charge in [-0.25, -0.2) is 79.2 Å². The summed E-state index contributed by atoms with van der Waals surface area (Å²) in [6.45, 7) is 18.1. The highest BCUT2D eigenvalue weighted by atomic mass is 32.1. The number of aromatic nitrogens is 19. The number of hydrogen-bond acceptors (Lipinski definition) is 30. The van der Waals surface area contributed by atoms with Crippen LogP contribution < -0.4 is 58.5 Å². The zero-order valence-corrected chi connectivity index (χ0v) is 79.8. The summed E-state index contributed by atoms with van der Waals surface area (Å²) in [6.07, 6.45) is 24.9. The van der Waals surface area contributed by atoms with Gasteiger partial charge < -0.3 is 58.5 Å². The normalized spacial score (nSPS) is 11.4. The molecular formula is C95H107FN30O4S4. The van der Waals surface area contributed by atoms with Crippen LogP contribution in [0.2, 0.25) is 0 Å². The van der Waals surface area contributed by atoms with Gasteiger partial charge in [-0.2, -0.15) is 54.0 Å². The molecular weight excluding hydrogens is 1770 g/mol. The van der Waals surface area contributed by atoms with E-state index < -0.39 is 5.82 Å². The molecule has 12 aromatic heterocycles. The minimum Gasteiger partial charge on any atom is -0.370 e. The predicted octanol–water partition coefficient (Wildman–Crippen LogP) is 14.6. The number of nitrogens with one attached hydrogen (secondary N) is 11. The zero-order valence-electron chi connectivity index (χ0n) is 75.8. The van der Waals surface area contributed by atoms with Crippen molar-refractivity contribution in [2.75, 3.05) is 112 Å². The molecule has 16 aromatic rings. The molecule has 11 N–H and O–H groups in total. The SMILES string of the molecule is CCNc1ccc(-c2cc(NC[C@@H](C)c3cc(F)cc4c(C(=O)NC)ccnc34)ncn2)cn1.CCNc1ncc(-c2cc(NC[C@@H](C)c3cccc4c(C(=O)NC)ccnc34)ncn2)cn1.CNC(=O)c1ccnc2c([C@H](C)CNc3cc(-c4cnc(C)nc4)ncn3)cccc12.CNC(=O)c1ccnc2c([C@H](C)CNc3cc(-c4cnc(NC)nc4)ncn3)cccc12.S.S.S.S. The quantitative estimate of drug-likeness (QED) is 0.0207. The van der Waals surface area contributed by atoms with E-state index in [1.165, 1.54) is 37.4 Å². The lowest BCUT2D eigenvalue weighted by Crippen LogP contribution is -2.18. The monoisotopic (exact) mass is 1880 g/mol. The second-order valence-electron chi connectivity index (χ2n) is 30.0. The lowest BCUT2D eigenvalue weighted by Gasteiger charge is -2.17. The molecule has 0 unspecified atom stereocenters. The van der Waals surface area contributed by atoms with Gasteiger partial charge in [-0.1, -0.05) is 82.3 Å². The molecule has 0 fully saturated rings. The van der Waals surface area contributed by atoms with E-state index in [4.69, 9.17) is 0 Å². The number of carbonyl (C=O) groups is 4. The number of amides is 4. The van der Waals surface area contributed by atoms with Crippen LogP contribution in [0.1, 0.15) is 135 Å². The molecule has 12 heterocycles. The van der Waals surface area contributed by atoms with Crippen molar-refractivity contribution < 1.29 is 23.6 Å². The maximum absolute atomic E-state index is 14.5. The Labute approximate surface area is 802 Å². The molecule has 4 aromatic carbocycles. The number of rotatable bonds is 29. The number of aryl methyl sites for hydroxylation is 1. The van der Waals surface area contributed by atoms with E-state index >= 15 is 0 Å². The van der Waals surface area contributed by atoms with E-state index in [-0.39, 0.29) is 101 Å². The van der Waals surface area contributed by atoms with E-state index in [0.717, 1.165) is 119 Å². The fourth-order valence-corrected chi connectivity index (χ4v) is 14.3. The lowest BCUT2D eigenvalue weighted by atomic mass is 9.95. The van der Waals surface area contributed by atoms with Gasteiger partial charge in [0.25, 0.3) is 23.6 Å². The summed E-state index contributed by atoms with van der Waals surface area (Å²) in [4.78, 5) is 132. The number of anilines is 7. The molecule has 692 valence electrons. The third-order valence-corrected chi connectivity index (χ3v) is 21.2. The van der Waals surface area contributed by atoms with Crippen LogP contribution in [0, 0.1) is 12.7 Å². The molecule has 0 radical (unpaired) electrons. The Balaban J connectivity index is 0.000000199. The molecule has 0 aliphatic rings. The molecule has 0 spiro atoms. The van der Waals surface area contributed by atoms with E-state index in [0.29, 0.717) is 100 Å². The summed E-state index contributed by atoms with van der Waals surface area (Å²) in [6, 6.07) is 38.8. The molecule has 4 atom stereocenters. The Morgan fingerprint density at radius 1 is 0.306 bits per heavy atom. The van der Waals surface area contributed by atoms with Crippen LogP contribution in [0.5, 0.6) is 0 Å². The molecule has 0 bridgehead atoms. The summed E-state index contributed by atoms with van der Waals surface area (Å²) < 4.78 is 14.5. The smallest absolute Gasteiger partial charge is 0.251 e. The van der Waals surface area contributed by atoms with Crippen LogP contribution in [0.3, 0.4) is 0 Å². The summed E-state index contributed by atoms with van der Waals surface area (Å²) in [5, 5.41) is 36.3. The first kappa shape index (κ1) is 103. The summed E-state index contributed by atoms with van der Waals surface area (Å²) in [7, 11) is 8.20. The Morgan fingerprint density at radius 2 is 0.619 bits per heavy atom. The van der Waals surface area contributed by atoms with Gasteiger partial charge in [0.05, 0.1) is 67.1 Å². The molecule has 0 saturated heterocycles. The predicted molar refractivity (Wildman–Crippen MR) is 547 cm³/mol. The number of hydrogen-bond donors (Lipinski definition) is 11. The molecule has 39 heteroatoms. The minimum atomic E-state index is -0.412. The highest BCUT2D eigenvalue weighted by Gasteiger charge is 2.23. The molecule has 4 amide bonds. The van der Waals surface area contributed by atoms with Crippen molar-refractivity contribution in [3.05, 3.63) is 277 Å². The highest BCUT2D eigenvalue weighted by Crippen LogP contribution is 2.34. The van der Waals surface area contributed by atoms with Crippen molar-refractivity contribution in [2.45, 2.75) is 72.1 Å². The number of benzene rings is 4. The first-order valence-electron chi connectivity index (χ1n) is 42.2. The average molecular weight is 1880 g/mol. The van der Waals surface area contributed by atoms with Gasteiger partial charge in [-0.3, -0.25) is 39.1 Å². The van der Waals surface area contributed by atoms with Crippen LogP contribution in [0.25, 0.3) is 88.6 Å². The number of nitrogens with zero attached hydrogens (tertiary/aromatic N) is 19. The van der Waals surface area contributed by atoms with E-state index in [1.807, 2.05) is 119 Å². The largest absolute Gasteiger partial charge is 0.370 e. The van der Waals surface area contributed by atoms with Crippen molar-refractivity contribution in [2.24, 2.45) is 0 Å². The maximum atomic E-state index is 14.5. The van der Waals surface area contributed by atoms with Gasteiger partial charge in [-0.15, -0.1) is 0 Å². The van der Waals surface area contributed by atoms with Crippen LogP contribution in [-0.2, 0) is 0 Å². The van der Waals surface area contributed by atoms with Gasteiger partial charge >= 0.3 is 0 Å². The third-order valence-electron chi connectivity index (χ3n) is 21.2. The fraction of sp³-hybridized carbons (Fsp3) is 0.232. The Bertz CT molecular complexity index is 6650. The van der Waals surface area contributed by atoms with Crippen LogP contribution in [-0.4, -0.2) is 193 Å². The standard InChI is InChI=1S/C25H26FN7O.C24H26N8O.C23H24N8O.C23H23N7O.4H2S/c1-4-28-22-6-5-16(13-31-22)21-11-23(33-14-32-21)30-12-15(2)19-9-17(26)10-20-18(25(34)27-3)7-8-29-24(19)20;1-4-26-24-29-12-16(13-30-24)20-10-21(32-14-31-20)28-11-15(2)17-6-5-7-18-19(23(33)25-3)8-9-27-22(17)18;1-14(16-5-4-6-17-18(22(32)24-2)7-8-26-21(16)17)10-27-20-9-19(30-13-31-20)15-11-28-23(25-3)29-12-15;1-14(17-5-4-6-18-19(23(31)24-3)7-8-25-22(17)18)10-28-21-9-20(29-13-30-21)16-11-26-15(2)27-12-16;;;;/h5-11,13-15H,4,12H2,1-3H3,(H,27,34)(H,28,31)(H,30,32,33);5-10,12-15H,4,11H2,1-3H3,(H,25,33)(H,26,29,30)(H,28,31,32);4-9,11-14H,10H2,1-3H3,(H,24,32)(H,25,28,29)(H,27,30,31);4-9,11-14H,10H2,1-3H3,(H,24,31)(H,28,29,30);4*1H2/t2*15-;2*14-;;;;/m1111..../s1. The number of para-hydroxylation sites is 3. The van der Waals surface area contributed by atoms with Crippen molar-refractivity contribution in [1.82, 2.24) is 116 Å². The summed E-state index contributed by atoms with van der Waals surface area (Å²) in [5.41, 5.74) is 15.6. The first-order chi connectivity index (χ1) is 63.3.